The van der Waals surface area contributed by atoms with Gasteiger partial charge in [-0.3, -0.25) is 0 Å². The fourth-order valence-electron chi connectivity index (χ4n) is 6.90. The van der Waals surface area contributed by atoms with Crippen molar-refractivity contribution in [3.05, 3.63) is 155 Å². The maximum Gasteiger partial charge on any atom is 0.0725 e. The zero-order valence-corrected chi connectivity index (χ0v) is 23.9. The van der Waals surface area contributed by atoms with E-state index in [0.29, 0.717) is 0 Å². The summed E-state index contributed by atoms with van der Waals surface area (Å²) in [5.74, 6) is 0. The summed E-state index contributed by atoms with van der Waals surface area (Å²) in [6.07, 6.45) is 0. The summed E-state index contributed by atoms with van der Waals surface area (Å²) >= 11 is 5.59. The van der Waals surface area contributed by atoms with Crippen LogP contribution in [-0.4, -0.2) is 0 Å². The lowest BCUT2D eigenvalue weighted by Crippen LogP contribution is -2.25. The van der Waals surface area contributed by atoms with Crippen LogP contribution in [0.3, 0.4) is 0 Å². The van der Waals surface area contributed by atoms with E-state index < -0.39 is 0 Å². The van der Waals surface area contributed by atoms with E-state index in [1.54, 1.807) is 11.3 Å². The van der Waals surface area contributed by atoms with E-state index in [1.165, 1.54) is 74.5 Å². The Labute approximate surface area is 245 Å². The maximum atomic E-state index is 2.48. The average Bonchev–Trinajstić information content (AvgIpc) is 3.84. The second-order valence-corrected chi connectivity index (χ2v) is 13.6. The molecule has 0 fully saturated rings. The van der Waals surface area contributed by atoms with E-state index in [1.807, 2.05) is 22.7 Å². The zero-order valence-electron chi connectivity index (χ0n) is 21.4. The molecule has 4 aromatic carbocycles. The van der Waals surface area contributed by atoms with Gasteiger partial charge in [-0.15, -0.1) is 34.0 Å². The van der Waals surface area contributed by atoms with Crippen molar-refractivity contribution in [1.29, 1.82) is 0 Å². The minimum Gasteiger partial charge on any atom is -0.143 e. The summed E-state index contributed by atoms with van der Waals surface area (Å²) in [7, 11) is 0. The lowest BCUT2D eigenvalue weighted by molar-refractivity contribution is 0.794. The highest BCUT2D eigenvalue weighted by Crippen LogP contribution is 2.63. The van der Waals surface area contributed by atoms with Gasteiger partial charge in [0, 0.05) is 24.4 Å². The number of rotatable bonds is 3. The number of thiophene rings is 3. The van der Waals surface area contributed by atoms with Crippen LogP contribution in [-0.2, 0) is 5.41 Å². The molecule has 0 aliphatic heterocycles. The van der Waals surface area contributed by atoms with Gasteiger partial charge in [0.05, 0.1) is 5.41 Å². The van der Waals surface area contributed by atoms with Gasteiger partial charge < -0.3 is 0 Å². The highest BCUT2D eigenvalue weighted by molar-refractivity contribution is 7.27. The normalized spacial score (nSPS) is 13.7. The van der Waals surface area contributed by atoms with Gasteiger partial charge in [-0.05, 0) is 91.8 Å². The van der Waals surface area contributed by atoms with Gasteiger partial charge in [0.1, 0.15) is 0 Å². The maximum absolute atomic E-state index is 2.48. The monoisotopic (exact) mass is 562 g/mol. The fraction of sp³-hybridized carbons (Fsp3) is 0.0270. The first-order valence-electron chi connectivity index (χ1n) is 13.5. The smallest absolute Gasteiger partial charge is 0.0725 e. The third-order valence-corrected chi connectivity index (χ3v) is 12.0. The van der Waals surface area contributed by atoms with Crippen molar-refractivity contribution in [3.8, 4) is 52.2 Å². The second kappa shape index (κ2) is 8.49. The lowest BCUT2D eigenvalue weighted by Gasteiger charge is -2.30. The first-order valence-corrected chi connectivity index (χ1v) is 16.0. The van der Waals surface area contributed by atoms with Crippen molar-refractivity contribution in [2.24, 2.45) is 0 Å². The number of hydrogen-bond acceptors (Lipinski definition) is 3. The molecule has 0 unspecified atom stereocenters. The fourth-order valence-corrected chi connectivity index (χ4v) is 9.83. The van der Waals surface area contributed by atoms with Crippen molar-refractivity contribution in [2.75, 3.05) is 0 Å². The highest BCUT2D eigenvalue weighted by atomic mass is 32.1. The van der Waals surface area contributed by atoms with Crippen molar-refractivity contribution in [3.63, 3.8) is 0 Å². The van der Waals surface area contributed by atoms with E-state index >= 15 is 0 Å². The van der Waals surface area contributed by atoms with Gasteiger partial charge in [0.25, 0.3) is 0 Å². The Balaban J connectivity index is 1.23. The van der Waals surface area contributed by atoms with Gasteiger partial charge in [-0.25, -0.2) is 0 Å². The first kappa shape index (κ1) is 22.8. The average molecular weight is 563 g/mol. The van der Waals surface area contributed by atoms with Gasteiger partial charge in [-0.1, -0.05) is 91.0 Å². The predicted molar refractivity (Wildman–Crippen MR) is 173 cm³/mol. The molecule has 1 spiro atoms. The SMILES string of the molecule is c1csc(-c2ccc(-c3ccc(-c4ccc5c(c4)C4(c6ccccc6-c6ccccc64)c4ccccc4-5)s3)s2)c1. The van der Waals surface area contributed by atoms with E-state index in [0.717, 1.165) is 0 Å². The van der Waals surface area contributed by atoms with Crippen molar-refractivity contribution in [2.45, 2.75) is 5.41 Å². The standard InChI is InChI=1S/C37H22S3/c1-4-11-28-24(8-1)25-9-2-5-12-29(25)37(28)30-13-6-3-10-26(30)27-16-15-23(22-31(27)37)32-17-18-35(39-32)36-20-19-34(40-36)33-14-7-21-38-33/h1-22H. The molecule has 188 valence electrons. The van der Waals surface area contributed by atoms with Crippen molar-refractivity contribution < 1.29 is 0 Å². The quantitative estimate of drug-likeness (QED) is 0.201. The molecule has 7 aromatic rings. The number of benzene rings is 4. The Hall–Kier alpha value is -4.02. The molecule has 0 radical (unpaired) electrons. The highest BCUT2D eigenvalue weighted by Gasteiger charge is 2.51. The lowest BCUT2D eigenvalue weighted by atomic mass is 9.70. The molecule has 0 saturated heterocycles. The van der Waals surface area contributed by atoms with Crippen LogP contribution in [0.5, 0.6) is 0 Å². The Kier molecular flexibility index (Phi) is 4.83. The summed E-state index contributed by atoms with van der Waals surface area (Å²) in [4.78, 5) is 6.67. The molecular formula is C37H22S3. The van der Waals surface area contributed by atoms with E-state index in [9.17, 15) is 0 Å². The summed E-state index contributed by atoms with van der Waals surface area (Å²) in [5.41, 5.74) is 12.0. The molecule has 0 nitrogen and oxygen atoms in total. The Morgan fingerprint density at radius 2 is 0.875 bits per heavy atom. The minimum atomic E-state index is -0.293. The molecule has 0 amide bonds. The topological polar surface area (TPSA) is 0 Å². The van der Waals surface area contributed by atoms with Crippen LogP contribution in [0.25, 0.3) is 52.2 Å². The summed E-state index contributed by atoms with van der Waals surface area (Å²) < 4.78 is 0. The van der Waals surface area contributed by atoms with Crippen molar-refractivity contribution in [1.82, 2.24) is 0 Å². The molecule has 0 N–H and O–H groups in total. The molecule has 0 atom stereocenters. The van der Waals surface area contributed by atoms with E-state index in [2.05, 4.69) is 133 Å². The summed E-state index contributed by atoms with van der Waals surface area (Å²) in [6, 6.07) is 47.7. The van der Waals surface area contributed by atoms with Gasteiger partial charge in [0.15, 0.2) is 0 Å². The molecule has 2 aliphatic carbocycles. The summed E-state index contributed by atoms with van der Waals surface area (Å²) in [5, 5.41) is 2.15. The molecule has 3 heteroatoms. The van der Waals surface area contributed by atoms with Crippen LogP contribution in [0.15, 0.2) is 133 Å². The minimum absolute atomic E-state index is 0.293. The Morgan fingerprint density at radius 1 is 0.375 bits per heavy atom. The molecular weight excluding hydrogens is 541 g/mol. The van der Waals surface area contributed by atoms with Gasteiger partial charge >= 0.3 is 0 Å². The molecule has 0 bridgehead atoms. The Morgan fingerprint density at radius 3 is 1.45 bits per heavy atom. The van der Waals surface area contributed by atoms with Crippen LogP contribution in [0.2, 0.25) is 0 Å². The van der Waals surface area contributed by atoms with Crippen LogP contribution in [0, 0.1) is 0 Å². The molecule has 9 rings (SSSR count). The van der Waals surface area contributed by atoms with Crippen LogP contribution in [0.1, 0.15) is 22.3 Å². The molecule has 3 aromatic heterocycles. The third kappa shape index (κ3) is 3.00. The van der Waals surface area contributed by atoms with E-state index in [-0.39, 0.29) is 5.41 Å². The first-order chi connectivity index (χ1) is 19.8. The number of hydrogen-bond donors (Lipinski definition) is 0. The van der Waals surface area contributed by atoms with Crippen LogP contribution < -0.4 is 0 Å². The second-order valence-electron chi connectivity index (χ2n) is 10.5. The molecule has 3 heterocycles. The summed E-state index contributed by atoms with van der Waals surface area (Å²) in [6.45, 7) is 0. The predicted octanol–water partition coefficient (Wildman–Crippen LogP) is 11.2. The van der Waals surface area contributed by atoms with Gasteiger partial charge in [-0.2, -0.15) is 0 Å². The molecule has 2 aliphatic rings. The van der Waals surface area contributed by atoms with E-state index in [4.69, 9.17) is 0 Å². The molecule has 0 saturated carbocycles. The van der Waals surface area contributed by atoms with Crippen LogP contribution in [0.4, 0.5) is 0 Å². The van der Waals surface area contributed by atoms with Gasteiger partial charge in [0.2, 0.25) is 0 Å². The zero-order chi connectivity index (χ0) is 26.3. The van der Waals surface area contributed by atoms with Crippen molar-refractivity contribution >= 4 is 34.0 Å². The molecule has 40 heavy (non-hydrogen) atoms. The third-order valence-electron chi connectivity index (χ3n) is 8.50. The largest absolute Gasteiger partial charge is 0.143 e. The number of fused-ring (bicyclic) bond motifs is 10. The van der Waals surface area contributed by atoms with Crippen LogP contribution >= 0.6 is 34.0 Å². The Bertz CT molecular complexity index is 2010.